The number of carbonyl (C=O) groups is 2. The minimum atomic E-state index is -0.317. The predicted molar refractivity (Wildman–Crippen MR) is 95.6 cm³/mol. The van der Waals surface area contributed by atoms with Gasteiger partial charge in [-0.3, -0.25) is 9.59 Å². The number of nitriles is 1. The number of anilines is 1. The Morgan fingerprint density at radius 3 is 2.88 bits per heavy atom. The third-order valence-electron chi connectivity index (χ3n) is 5.85. The van der Waals surface area contributed by atoms with Gasteiger partial charge in [0.25, 0.3) is 0 Å². The molecule has 4 unspecified atom stereocenters. The first-order valence-electron chi connectivity index (χ1n) is 9.10. The maximum Gasteiger partial charge on any atom is 0.229 e. The summed E-state index contributed by atoms with van der Waals surface area (Å²) in [6.45, 7) is 4.98. The molecule has 2 fully saturated rings. The number of amides is 2. The van der Waals surface area contributed by atoms with Crippen molar-refractivity contribution in [3.63, 3.8) is 0 Å². The Morgan fingerprint density at radius 1 is 1.32 bits per heavy atom. The first-order valence-corrected chi connectivity index (χ1v) is 9.10. The second kappa shape index (κ2) is 7.26. The molecule has 0 radical (unpaired) electrons. The van der Waals surface area contributed by atoms with Crippen LogP contribution >= 0.6 is 0 Å². The third kappa shape index (κ3) is 3.68. The lowest BCUT2D eigenvalue weighted by Gasteiger charge is -2.40. The smallest absolute Gasteiger partial charge is 0.229 e. The minimum absolute atomic E-state index is 0.0943. The SMILES string of the molecule is CC1CCCC(N2CC(C(=O)Nc3cccc(C#N)c3)CC2=O)C1C. The highest BCUT2D eigenvalue weighted by atomic mass is 16.2. The van der Waals surface area contributed by atoms with Crippen molar-refractivity contribution in [2.75, 3.05) is 11.9 Å². The molecule has 1 aromatic rings. The van der Waals surface area contributed by atoms with Crippen molar-refractivity contribution >= 4 is 17.5 Å². The van der Waals surface area contributed by atoms with Crippen LogP contribution in [-0.4, -0.2) is 29.3 Å². The zero-order chi connectivity index (χ0) is 18.0. The van der Waals surface area contributed by atoms with E-state index < -0.39 is 0 Å². The number of rotatable bonds is 3. The van der Waals surface area contributed by atoms with Crippen LogP contribution in [0.5, 0.6) is 0 Å². The van der Waals surface area contributed by atoms with Crippen molar-refractivity contribution in [3.8, 4) is 6.07 Å². The molecule has 1 N–H and O–H groups in total. The largest absolute Gasteiger partial charge is 0.339 e. The number of carbonyl (C=O) groups excluding carboxylic acids is 2. The molecular formula is C20H25N3O2. The molecule has 1 saturated heterocycles. The molecular weight excluding hydrogens is 314 g/mol. The highest BCUT2D eigenvalue weighted by molar-refractivity contribution is 5.97. The van der Waals surface area contributed by atoms with Gasteiger partial charge in [0.05, 0.1) is 17.6 Å². The van der Waals surface area contributed by atoms with Crippen molar-refractivity contribution in [3.05, 3.63) is 29.8 Å². The van der Waals surface area contributed by atoms with Gasteiger partial charge >= 0.3 is 0 Å². The van der Waals surface area contributed by atoms with E-state index in [1.165, 1.54) is 6.42 Å². The molecule has 25 heavy (non-hydrogen) atoms. The molecule has 1 aliphatic carbocycles. The maximum atomic E-state index is 12.6. The molecule has 3 rings (SSSR count). The third-order valence-corrected chi connectivity index (χ3v) is 5.85. The van der Waals surface area contributed by atoms with Gasteiger partial charge in [0, 0.05) is 24.7 Å². The van der Waals surface area contributed by atoms with Gasteiger partial charge in [-0.25, -0.2) is 0 Å². The standard InChI is InChI=1S/C20H25N3O2/c1-13-5-3-8-18(14(13)2)23-12-16(10-19(23)24)20(25)22-17-7-4-6-15(9-17)11-21/h4,6-7,9,13-14,16,18H,3,5,8,10,12H2,1-2H3,(H,22,25). The Kier molecular flexibility index (Phi) is 5.08. The van der Waals surface area contributed by atoms with Crippen LogP contribution in [-0.2, 0) is 9.59 Å². The zero-order valence-corrected chi connectivity index (χ0v) is 14.9. The monoisotopic (exact) mass is 339 g/mol. The van der Waals surface area contributed by atoms with E-state index >= 15 is 0 Å². The fourth-order valence-electron chi connectivity index (χ4n) is 4.13. The zero-order valence-electron chi connectivity index (χ0n) is 14.9. The van der Waals surface area contributed by atoms with E-state index in [1.807, 2.05) is 4.90 Å². The van der Waals surface area contributed by atoms with E-state index in [0.29, 0.717) is 29.6 Å². The van der Waals surface area contributed by atoms with E-state index in [2.05, 4.69) is 25.2 Å². The van der Waals surface area contributed by atoms with E-state index in [9.17, 15) is 9.59 Å². The predicted octanol–water partition coefficient (Wildman–Crippen LogP) is 3.17. The van der Waals surface area contributed by atoms with Gasteiger partial charge in [-0.2, -0.15) is 5.26 Å². The topological polar surface area (TPSA) is 73.2 Å². The first-order chi connectivity index (χ1) is 12.0. The Bertz CT molecular complexity index is 709. The molecule has 1 aliphatic heterocycles. The number of nitrogens with one attached hydrogen (secondary N) is 1. The summed E-state index contributed by atoms with van der Waals surface area (Å²) in [6.07, 6.45) is 3.69. The summed E-state index contributed by atoms with van der Waals surface area (Å²) in [7, 11) is 0. The summed E-state index contributed by atoms with van der Waals surface area (Å²) < 4.78 is 0. The Morgan fingerprint density at radius 2 is 2.12 bits per heavy atom. The summed E-state index contributed by atoms with van der Waals surface area (Å²) in [5, 5.41) is 11.8. The van der Waals surface area contributed by atoms with Crippen molar-refractivity contribution in [2.24, 2.45) is 17.8 Å². The summed E-state index contributed by atoms with van der Waals surface area (Å²) in [6, 6.07) is 9.17. The minimum Gasteiger partial charge on any atom is -0.339 e. The van der Waals surface area contributed by atoms with E-state index in [0.717, 1.165) is 12.8 Å². The summed E-state index contributed by atoms with van der Waals surface area (Å²) in [5.74, 6) is 0.738. The van der Waals surface area contributed by atoms with Crippen LogP contribution in [0.3, 0.4) is 0 Å². The van der Waals surface area contributed by atoms with E-state index in [4.69, 9.17) is 5.26 Å². The molecule has 2 amide bonds. The molecule has 1 aromatic carbocycles. The number of likely N-dealkylation sites (tertiary alicyclic amines) is 1. The summed E-state index contributed by atoms with van der Waals surface area (Å²) in [4.78, 5) is 27.0. The summed E-state index contributed by atoms with van der Waals surface area (Å²) in [5.41, 5.74) is 1.11. The van der Waals surface area contributed by atoms with Crippen molar-refractivity contribution in [1.82, 2.24) is 4.90 Å². The van der Waals surface area contributed by atoms with Crippen LogP contribution in [0.2, 0.25) is 0 Å². The lowest BCUT2D eigenvalue weighted by Crippen LogP contribution is -2.45. The second-order valence-electron chi connectivity index (χ2n) is 7.46. The number of hydrogen-bond acceptors (Lipinski definition) is 3. The quantitative estimate of drug-likeness (QED) is 0.919. The number of benzene rings is 1. The summed E-state index contributed by atoms with van der Waals surface area (Å²) >= 11 is 0. The van der Waals surface area contributed by atoms with Gasteiger partial charge in [0.15, 0.2) is 0 Å². The number of hydrogen-bond donors (Lipinski definition) is 1. The Balaban J connectivity index is 1.65. The van der Waals surface area contributed by atoms with Gasteiger partial charge in [-0.1, -0.05) is 32.8 Å². The van der Waals surface area contributed by atoms with Crippen molar-refractivity contribution in [1.29, 1.82) is 5.26 Å². The van der Waals surface area contributed by atoms with Crippen LogP contribution in [0.1, 0.15) is 45.1 Å². The van der Waals surface area contributed by atoms with Crippen molar-refractivity contribution in [2.45, 2.75) is 45.6 Å². The number of nitrogens with zero attached hydrogens (tertiary/aromatic N) is 2. The van der Waals surface area contributed by atoms with Gasteiger partial charge in [-0.15, -0.1) is 0 Å². The average Bonchev–Trinajstić information content (AvgIpc) is 2.99. The molecule has 0 aromatic heterocycles. The molecule has 132 valence electrons. The van der Waals surface area contributed by atoms with Crippen molar-refractivity contribution < 1.29 is 9.59 Å². The van der Waals surface area contributed by atoms with Crippen LogP contribution in [0, 0.1) is 29.1 Å². The van der Waals surface area contributed by atoms with Crippen LogP contribution in [0.25, 0.3) is 0 Å². The van der Waals surface area contributed by atoms with Crippen LogP contribution < -0.4 is 5.32 Å². The molecule has 0 bridgehead atoms. The molecule has 2 aliphatic rings. The van der Waals surface area contributed by atoms with Gasteiger partial charge in [-0.05, 0) is 36.5 Å². The van der Waals surface area contributed by atoms with Crippen LogP contribution in [0.4, 0.5) is 5.69 Å². The second-order valence-corrected chi connectivity index (χ2v) is 7.46. The first kappa shape index (κ1) is 17.5. The molecule has 1 heterocycles. The van der Waals surface area contributed by atoms with Gasteiger partial charge in [0.1, 0.15) is 0 Å². The lowest BCUT2D eigenvalue weighted by molar-refractivity contribution is -0.131. The molecule has 5 heteroatoms. The molecule has 5 nitrogen and oxygen atoms in total. The van der Waals surface area contributed by atoms with Gasteiger partial charge in [0.2, 0.25) is 11.8 Å². The molecule has 0 spiro atoms. The van der Waals surface area contributed by atoms with E-state index in [1.54, 1.807) is 24.3 Å². The highest BCUT2D eigenvalue weighted by Crippen LogP contribution is 2.35. The Hall–Kier alpha value is -2.35. The molecule has 1 saturated carbocycles. The van der Waals surface area contributed by atoms with E-state index in [-0.39, 0.29) is 30.2 Å². The fourth-order valence-corrected chi connectivity index (χ4v) is 4.13. The molecule has 4 atom stereocenters. The highest BCUT2D eigenvalue weighted by Gasteiger charge is 2.41. The average molecular weight is 339 g/mol. The Labute approximate surface area is 149 Å². The normalized spacial score (nSPS) is 29.3. The fraction of sp³-hybridized carbons (Fsp3) is 0.550. The van der Waals surface area contributed by atoms with Gasteiger partial charge < -0.3 is 10.2 Å². The maximum absolute atomic E-state index is 12.6. The lowest BCUT2D eigenvalue weighted by atomic mass is 9.77. The van der Waals surface area contributed by atoms with Crippen LogP contribution in [0.15, 0.2) is 24.3 Å².